The molecule has 1 aliphatic heterocycles. The smallest absolute Gasteiger partial charge is 0.295 e. The van der Waals surface area contributed by atoms with E-state index in [4.69, 9.17) is 11.6 Å². The van der Waals surface area contributed by atoms with Crippen molar-refractivity contribution in [2.24, 2.45) is 0 Å². The molecule has 2 rings (SSSR count). The molecule has 0 saturated carbocycles. The maximum atomic E-state index is 13.5. The van der Waals surface area contributed by atoms with Crippen molar-refractivity contribution in [3.8, 4) is 0 Å². The minimum absolute atomic E-state index is 0.0855. The molecule has 1 aromatic rings. The Kier molecular flexibility index (Phi) is 4.77. The van der Waals surface area contributed by atoms with Gasteiger partial charge in [-0.1, -0.05) is 18.5 Å². The summed E-state index contributed by atoms with van der Waals surface area (Å²) in [5.41, 5.74) is 0.171. The third-order valence-electron chi connectivity index (χ3n) is 3.46. The predicted molar refractivity (Wildman–Crippen MR) is 77.0 cm³/mol. The van der Waals surface area contributed by atoms with Crippen molar-refractivity contribution in [2.45, 2.75) is 25.8 Å². The molecule has 1 saturated heterocycles. The van der Waals surface area contributed by atoms with E-state index in [1.54, 1.807) is 0 Å². The van der Waals surface area contributed by atoms with Crippen molar-refractivity contribution in [1.29, 1.82) is 0 Å². The van der Waals surface area contributed by atoms with Gasteiger partial charge >= 0.3 is 0 Å². The van der Waals surface area contributed by atoms with Crippen LogP contribution in [0, 0.1) is 15.9 Å². The number of hydrogen-bond donors (Lipinski definition) is 1. The van der Waals surface area contributed by atoms with Gasteiger partial charge in [-0.3, -0.25) is 10.1 Å². The molecule has 1 fully saturated rings. The maximum Gasteiger partial charge on any atom is 0.295 e. The van der Waals surface area contributed by atoms with Gasteiger partial charge in [-0.15, -0.1) is 0 Å². The highest BCUT2D eigenvalue weighted by Crippen LogP contribution is 2.35. The lowest BCUT2D eigenvalue weighted by atomic mass is 10.1. The van der Waals surface area contributed by atoms with Gasteiger partial charge in [-0.25, -0.2) is 4.39 Å². The van der Waals surface area contributed by atoms with Crippen molar-refractivity contribution >= 4 is 23.0 Å². The van der Waals surface area contributed by atoms with Gasteiger partial charge in [0.25, 0.3) is 5.69 Å². The van der Waals surface area contributed by atoms with Gasteiger partial charge < -0.3 is 10.2 Å². The fourth-order valence-electron chi connectivity index (χ4n) is 2.55. The Morgan fingerprint density at radius 3 is 2.90 bits per heavy atom. The third-order valence-corrected chi connectivity index (χ3v) is 3.75. The number of nitrogens with one attached hydrogen (secondary N) is 1. The quantitative estimate of drug-likeness (QED) is 0.671. The number of nitro benzene ring substituents is 1. The van der Waals surface area contributed by atoms with Gasteiger partial charge in [0, 0.05) is 19.1 Å². The maximum absolute atomic E-state index is 13.5. The summed E-state index contributed by atoms with van der Waals surface area (Å²) in [5, 5.41) is 14.3. The normalized spacial score (nSPS) is 18.2. The molecule has 0 radical (unpaired) electrons. The summed E-state index contributed by atoms with van der Waals surface area (Å²) in [5.74, 6) is -0.761. The minimum atomic E-state index is -0.761. The molecule has 1 aromatic carbocycles. The van der Waals surface area contributed by atoms with E-state index in [0.717, 1.165) is 32.0 Å². The molecule has 0 spiro atoms. The monoisotopic (exact) mass is 301 g/mol. The lowest BCUT2D eigenvalue weighted by Gasteiger charge is -2.30. The second-order valence-corrected chi connectivity index (χ2v) is 5.26. The van der Waals surface area contributed by atoms with Crippen molar-refractivity contribution in [2.75, 3.05) is 24.5 Å². The Morgan fingerprint density at radius 2 is 2.35 bits per heavy atom. The van der Waals surface area contributed by atoms with Crippen molar-refractivity contribution < 1.29 is 9.31 Å². The average molecular weight is 302 g/mol. The van der Waals surface area contributed by atoms with E-state index >= 15 is 0 Å². The highest BCUT2D eigenvalue weighted by atomic mass is 35.5. The van der Waals surface area contributed by atoms with Crippen LogP contribution in [-0.4, -0.2) is 30.6 Å². The zero-order valence-corrected chi connectivity index (χ0v) is 12.0. The van der Waals surface area contributed by atoms with E-state index in [1.807, 2.05) is 11.8 Å². The van der Waals surface area contributed by atoms with Crippen LogP contribution in [0.3, 0.4) is 0 Å². The third kappa shape index (κ3) is 3.02. The molecular weight excluding hydrogens is 285 g/mol. The van der Waals surface area contributed by atoms with Gasteiger partial charge in [0.15, 0.2) is 0 Å². The predicted octanol–water partition coefficient (Wildman–Crippen LogP) is 2.97. The summed E-state index contributed by atoms with van der Waals surface area (Å²) in [6.45, 7) is 4.33. The van der Waals surface area contributed by atoms with E-state index in [1.165, 1.54) is 6.07 Å². The summed E-state index contributed by atoms with van der Waals surface area (Å²) in [4.78, 5) is 12.6. The minimum Gasteiger partial charge on any atom is -0.362 e. The lowest BCUT2D eigenvalue weighted by molar-refractivity contribution is -0.384. The number of halogens is 2. The molecule has 0 bridgehead atoms. The van der Waals surface area contributed by atoms with E-state index in [0.29, 0.717) is 12.2 Å². The van der Waals surface area contributed by atoms with Crippen molar-refractivity contribution in [1.82, 2.24) is 5.32 Å². The molecule has 1 N–H and O–H groups in total. The van der Waals surface area contributed by atoms with Gasteiger partial charge in [0.2, 0.25) is 0 Å². The SMILES string of the molecule is CCCN(c1cc(Cl)c(F)cc1[N+](=O)[O-])C1CCNC1. The van der Waals surface area contributed by atoms with Gasteiger partial charge in [-0.2, -0.15) is 0 Å². The Morgan fingerprint density at radius 1 is 1.60 bits per heavy atom. The molecule has 5 nitrogen and oxygen atoms in total. The summed E-state index contributed by atoms with van der Waals surface area (Å²) in [7, 11) is 0. The molecular formula is C13H17ClFN3O2. The Hall–Kier alpha value is -1.40. The van der Waals surface area contributed by atoms with Crippen LogP contribution in [-0.2, 0) is 0 Å². The summed E-state index contributed by atoms with van der Waals surface area (Å²) >= 11 is 5.80. The Labute approximate surface area is 121 Å². The number of nitro groups is 1. The van der Waals surface area contributed by atoms with Gasteiger partial charge in [0.05, 0.1) is 16.0 Å². The number of hydrogen-bond acceptors (Lipinski definition) is 4. The molecule has 1 unspecified atom stereocenters. The molecule has 7 heteroatoms. The molecule has 20 heavy (non-hydrogen) atoms. The molecule has 0 aliphatic carbocycles. The van der Waals surface area contributed by atoms with E-state index in [2.05, 4.69) is 5.32 Å². The zero-order valence-electron chi connectivity index (χ0n) is 11.2. The highest BCUT2D eigenvalue weighted by molar-refractivity contribution is 6.31. The van der Waals surface area contributed by atoms with Crippen LogP contribution >= 0.6 is 11.6 Å². The van der Waals surface area contributed by atoms with Crippen LogP contribution in [0.15, 0.2) is 12.1 Å². The zero-order chi connectivity index (χ0) is 14.7. The van der Waals surface area contributed by atoms with E-state index in [9.17, 15) is 14.5 Å². The molecule has 1 heterocycles. The van der Waals surface area contributed by atoms with Gasteiger partial charge in [0.1, 0.15) is 11.5 Å². The largest absolute Gasteiger partial charge is 0.362 e. The summed E-state index contributed by atoms with van der Waals surface area (Å²) in [6.07, 6.45) is 1.76. The van der Waals surface area contributed by atoms with Gasteiger partial charge in [-0.05, 0) is 25.5 Å². The Balaban J connectivity index is 2.45. The molecule has 1 atom stereocenters. The molecule has 0 amide bonds. The number of anilines is 1. The van der Waals surface area contributed by atoms with Crippen LogP contribution in [0.1, 0.15) is 19.8 Å². The first-order chi connectivity index (χ1) is 9.54. The molecule has 1 aliphatic rings. The van der Waals surface area contributed by atoms with E-state index in [-0.39, 0.29) is 16.8 Å². The first kappa shape index (κ1) is 15.0. The first-order valence-corrected chi connectivity index (χ1v) is 7.03. The number of rotatable bonds is 5. The van der Waals surface area contributed by atoms with Crippen molar-refractivity contribution in [3.63, 3.8) is 0 Å². The Bertz CT molecular complexity index is 507. The highest BCUT2D eigenvalue weighted by Gasteiger charge is 2.28. The van der Waals surface area contributed by atoms with E-state index < -0.39 is 10.7 Å². The first-order valence-electron chi connectivity index (χ1n) is 6.65. The van der Waals surface area contributed by atoms with Crippen LogP contribution in [0.4, 0.5) is 15.8 Å². The standard InChI is InChI=1S/C13H17ClFN3O2/c1-2-5-17(9-3-4-16-8-9)12-6-10(14)11(15)7-13(12)18(19)20/h6-7,9,16H,2-5,8H2,1H3. The average Bonchev–Trinajstić information content (AvgIpc) is 2.92. The second-order valence-electron chi connectivity index (χ2n) is 4.85. The van der Waals surface area contributed by atoms with Crippen LogP contribution in [0.25, 0.3) is 0 Å². The number of nitrogens with zero attached hydrogens (tertiary/aromatic N) is 2. The fourth-order valence-corrected chi connectivity index (χ4v) is 2.71. The van der Waals surface area contributed by atoms with Crippen LogP contribution < -0.4 is 10.2 Å². The molecule has 0 aromatic heterocycles. The fraction of sp³-hybridized carbons (Fsp3) is 0.538. The lowest BCUT2D eigenvalue weighted by Crippen LogP contribution is -2.38. The number of benzene rings is 1. The second kappa shape index (κ2) is 6.37. The summed E-state index contributed by atoms with van der Waals surface area (Å²) < 4.78 is 13.5. The topological polar surface area (TPSA) is 58.4 Å². The van der Waals surface area contributed by atoms with Crippen LogP contribution in [0.5, 0.6) is 0 Å². The van der Waals surface area contributed by atoms with Crippen molar-refractivity contribution in [3.05, 3.63) is 33.1 Å². The van der Waals surface area contributed by atoms with Crippen LogP contribution in [0.2, 0.25) is 5.02 Å². The molecule has 110 valence electrons. The summed E-state index contributed by atoms with van der Waals surface area (Å²) in [6, 6.07) is 2.45.